The van der Waals surface area contributed by atoms with Gasteiger partial charge in [0, 0.05) is 24.9 Å². The number of nitrogens with zero attached hydrogens (tertiary/aromatic N) is 2. The first-order chi connectivity index (χ1) is 25.3. The van der Waals surface area contributed by atoms with Gasteiger partial charge >= 0.3 is 17.9 Å². The van der Waals surface area contributed by atoms with Crippen LogP contribution in [0.1, 0.15) is 37.8 Å². The summed E-state index contributed by atoms with van der Waals surface area (Å²) in [5.41, 5.74) is 21.4. The Kier molecular flexibility index (Phi) is 19.1. The molecule has 0 spiro atoms. The lowest BCUT2D eigenvalue weighted by molar-refractivity contribution is -0.147. The summed E-state index contributed by atoms with van der Waals surface area (Å²) in [7, 11) is 0. The minimum atomic E-state index is -1.87. The standard InChI is InChI=1S/C28H43N13O13/c29-13(5-18(30)42)23(49)35-9-20(44)39-16(6-21(45)46)24(50)36-10-19(43)38-14(2-1-3-34-28(31)32)25(51)40-15(4-12-8-33-11-37-12)26(52)41-17(27(53)54)7-22(47)48/h8,11,13-17H,1-7,9-10,29H2,(H2,30,42)(H,33,37)(H,35,49)(H,36,50)(H,38,43)(H,39,44)(H,40,51)(H,41,52)(H,45,46)(H,47,48)(H,53,54)(H4,31,32,34)/t13-,14-,15-,16-,17-/m0/s1. The number of nitrogens with one attached hydrogen (secondary N) is 7. The number of imidazole rings is 1. The number of aliphatic carboxylic acids is 3. The molecule has 0 radical (unpaired) electrons. The smallest absolute Gasteiger partial charge is 0.326 e. The third kappa shape index (κ3) is 18.4. The second kappa shape index (κ2) is 22.9. The van der Waals surface area contributed by atoms with Crippen LogP contribution in [0, 0.1) is 0 Å². The number of aliphatic imine (C=N–C) groups is 1. The van der Waals surface area contributed by atoms with Crippen molar-refractivity contribution in [3.63, 3.8) is 0 Å². The van der Waals surface area contributed by atoms with Crippen LogP contribution in [0.5, 0.6) is 0 Å². The van der Waals surface area contributed by atoms with Crippen LogP contribution < -0.4 is 54.8 Å². The van der Waals surface area contributed by atoms with Crippen LogP contribution >= 0.6 is 0 Å². The number of primary amides is 1. The van der Waals surface area contributed by atoms with Crippen LogP contribution in [0.4, 0.5) is 0 Å². The van der Waals surface area contributed by atoms with Crippen LogP contribution in [0.3, 0.4) is 0 Å². The number of aromatic nitrogens is 2. The Morgan fingerprint density at radius 2 is 1.24 bits per heavy atom. The van der Waals surface area contributed by atoms with Gasteiger partial charge in [-0.15, -0.1) is 0 Å². The molecule has 7 amide bonds. The summed E-state index contributed by atoms with van der Waals surface area (Å²) in [5, 5.41) is 40.6. The van der Waals surface area contributed by atoms with Crippen LogP contribution in [-0.4, -0.2) is 140 Å². The van der Waals surface area contributed by atoms with Crippen molar-refractivity contribution in [1.29, 1.82) is 0 Å². The van der Waals surface area contributed by atoms with E-state index in [9.17, 15) is 58.2 Å². The van der Waals surface area contributed by atoms with Crippen molar-refractivity contribution >= 4 is 65.2 Å². The summed E-state index contributed by atoms with van der Waals surface area (Å²) in [6.07, 6.45) is -0.287. The largest absolute Gasteiger partial charge is 0.481 e. The Labute approximate surface area is 305 Å². The fourth-order valence-electron chi connectivity index (χ4n) is 4.29. The molecule has 1 aromatic rings. The molecule has 0 aromatic carbocycles. The van der Waals surface area contributed by atoms with E-state index in [-0.39, 0.29) is 31.8 Å². The number of nitrogens with two attached hydrogens (primary N) is 4. The van der Waals surface area contributed by atoms with Crippen LogP contribution in [-0.2, 0) is 54.4 Å². The summed E-state index contributed by atoms with van der Waals surface area (Å²) in [5.74, 6) is -12.1. The number of aromatic amines is 1. The lowest BCUT2D eigenvalue weighted by Crippen LogP contribution is -2.57. The lowest BCUT2D eigenvalue weighted by Gasteiger charge is -2.24. The number of hydrogen-bond donors (Lipinski definition) is 14. The number of rotatable bonds is 25. The van der Waals surface area contributed by atoms with Gasteiger partial charge in [0.05, 0.1) is 44.7 Å². The second-order valence-corrected chi connectivity index (χ2v) is 11.3. The lowest BCUT2D eigenvalue weighted by atomic mass is 10.1. The van der Waals surface area contributed by atoms with E-state index in [1.807, 2.05) is 5.32 Å². The minimum absolute atomic E-state index is 0.0135. The first kappa shape index (κ1) is 45.2. The first-order valence-corrected chi connectivity index (χ1v) is 15.8. The van der Waals surface area contributed by atoms with Crippen LogP contribution in [0.2, 0.25) is 0 Å². The van der Waals surface area contributed by atoms with Gasteiger partial charge in [-0.2, -0.15) is 0 Å². The predicted octanol–water partition coefficient (Wildman–Crippen LogP) is -7.59. The molecular weight excluding hydrogens is 726 g/mol. The summed E-state index contributed by atoms with van der Waals surface area (Å²) in [6.45, 7) is -1.66. The van der Waals surface area contributed by atoms with E-state index in [0.29, 0.717) is 5.69 Å². The Balaban J connectivity index is 3.07. The van der Waals surface area contributed by atoms with Crippen LogP contribution in [0.25, 0.3) is 0 Å². The van der Waals surface area contributed by atoms with E-state index in [1.165, 1.54) is 12.5 Å². The molecule has 1 aromatic heterocycles. The molecule has 1 rings (SSSR count). The average molecular weight is 770 g/mol. The van der Waals surface area contributed by atoms with E-state index in [4.69, 9.17) is 28.0 Å². The molecule has 0 saturated heterocycles. The first-order valence-electron chi connectivity index (χ1n) is 15.8. The van der Waals surface area contributed by atoms with Crippen molar-refractivity contribution in [3.05, 3.63) is 18.2 Å². The molecule has 0 aliphatic rings. The zero-order valence-corrected chi connectivity index (χ0v) is 28.5. The maximum absolute atomic E-state index is 13.5. The molecule has 0 aliphatic heterocycles. The zero-order chi connectivity index (χ0) is 41.0. The highest BCUT2D eigenvalue weighted by Crippen LogP contribution is 2.05. The van der Waals surface area contributed by atoms with Gasteiger partial charge < -0.3 is 75.1 Å². The normalized spacial score (nSPS) is 13.3. The van der Waals surface area contributed by atoms with Crippen molar-refractivity contribution < 1.29 is 63.3 Å². The van der Waals surface area contributed by atoms with Crippen molar-refractivity contribution in [1.82, 2.24) is 41.9 Å². The maximum atomic E-state index is 13.5. The molecule has 0 fully saturated rings. The summed E-state index contributed by atoms with van der Waals surface area (Å²) < 4.78 is 0. The number of carbonyl (C=O) groups is 10. The van der Waals surface area contributed by atoms with Gasteiger partial charge in [0.2, 0.25) is 41.4 Å². The van der Waals surface area contributed by atoms with Crippen molar-refractivity contribution in [3.8, 4) is 0 Å². The van der Waals surface area contributed by atoms with Crippen LogP contribution in [0.15, 0.2) is 17.5 Å². The molecule has 18 N–H and O–H groups in total. The molecule has 0 aliphatic carbocycles. The SMILES string of the molecule is NC(=O)C[C@H](N)C(=O)NCC(=O)N[C@@H](CC(=O)O)C(=O)NCC(=O)N[C@@H](CCCN=C(N)N)C(=O)N[C@@H](Cc1cnc[nH]1)C(=O)N[C@@H](CC(=O)O)C(=O)O. The number of carboxylic acid groups (broad SMARTS) is 3. The summed E-state index contributed by atoms with van der Waals surface area (Å²) in [4.78, 5) is 132. The van der Waals surface area contributed by atoms with Crippen molar-refractivity contribution in [2.24, 2.45) is 27.9 Å². The fraction of sp³-hybridized carbons (Fsp3) is 0.500. The van der Waals surface area contributed by atoms with E-state index >= 15 is 0 Å². The number of H-pyrrole nitrogens is 1. The van der Waals surface area contributed by atoms with Gasteiger partial charge in [-0.25, -0.2) is 9.78 Å². The van der Waals surface area contributed by atoms with E-state index in [2.05, 4.69) is 41.5 Å². The number of amides is 7. The molecule has 5 atom stereocenters. The Hall–Kier alpha value is -6.86. The van der Waals surface area contributed by atoms with Crippen molar-refractivity contribution in [2.75, 3.05) is 19.6 Å². The summed E-state index contributed by atoms with van der Waals surface area (Å²) >= 11 is 0. The predicted molar refractivity (Wildman–Crippen MR) is 180 cm³/mol. The van der Waals surface area contributed by atoms with Gasteiger partial charge in [-0.1, -0.05) is 0 Å². The van der Waals surface area contributed by atoms with Gasteiger partial charge in [0.1, 0.15) is 24.2 Å². The van der Waals surface area contributed by atoms with Gasteiger partial charge in [-0.3, -0.25) is 48.1 Å². The van der Waals surface area contributed by atoms with Crippen molar-refractivity contribution in [2.45, 2.75) is 68.7 Å². The van der Waals surface area contributed by atoms with E-state index in [0.717, 1.165) is 0 Å². The molecule has 54 heavy (non-hydrogen) atoms. The Bertz CT molecular complexity index is 1560. The molecule has 298 valence electrons. The molecule has 0 unspecified atom stereocenters. The third-order valence-electron chi connectivity index (χ3n) is 6.84. The monoisotopic (exact) mass is 769 g/mol. The van der Waals surface area contributed by atoms with Gasteiger partial charge in [-0.05, 0) is 12.8 Å². The topological polar surface area (TPSA) is 449 Å². The van der Waals surface area contributed by atoms with Gasteiger partial charge in [0.25, 0.3) is 0 Å². The van der Waals surface area contributed by atoms with E-state index < -0.39 is 122 Å². The van der Waals surface area contributed by atoms with E-state index in [1.54, 1.807) is 0 Å². The molecule has 26 nitrogen and oxygen atoms in total. The molecule has 1 heterocycles. The fourth-order valence-corrected chi connectivity index (χ4v) is 4.29. The Morgan fingerprint density at radius 1 is 0.704 bits per heavy atom. The zero-order valence-electron chi connectivity index (χ0n) is 28.5. The molecule has 26 heteroatoms. The second-order valence-electron chi connectivity index (χ2n) is 11.3. The number of carboxylic acids is 3. The quantitative estimate of drug-likeness (QED) is 0.0249. The third-order valence-corrected chi connectivity index (χ3v) is 6.84. The highest BCUT2D eigenvalue weighted by atomic mass is 16.4. The summed E-state index contributed by atoms with van der Waals surface area (Å²) in [6, 6.07) is -7.98. The number of carbonyl (C=O) groups excluding carboxylic acids is 7. The molecular formula is C28H43N13O13. The number of hydrogen-bond acceptors (Lipinski definition) is 13. The maximum Gasteiger partial charge on any atom is 0.326 e. The highest BCUT2D eigenvalue weighted by Gasteiger charge is 2.31. The van der Waals surface area contributed by atoms with Gasteiger partial charge in [0.15, 0.2) is 5.96 Å². The number of guanidine groups is 1. The highest BCUT2D eigenvalue weighted by molar-refractivity contribution is 5.97. The Morgan fingerprint density at radius 3 is 1.76 bits per heavy atom. The minimum Gasteiger partial charge on any atom is -0.481 e. The molecule has 0 bridgehead atoms. The average Bonchev–Trinajstić information content (AvgIpc) is 3.58. The molecule has 0 saturated carbocycles.